The van der Waals surface area contributed by atoms with Crippen molar-refractivity contribution in [2.45, 2.75) is 6.92 Å². The van der Waals surface area contributed by atoms with Crippen molar-refractivity contribution >= 4 is 23.5 Å². The number of carbonyl (C=O) groups is 2. The molecule has 104 valence electrons. The van der Waals surface area contributed by atoms with E-state index in [1.807, 2.05) is 0 Å². The fourth-order valence-electron chi connectivity index (χ4n) is 1.64. The second-order valence-electron chi connectivity index (χ2n) is 4.23. The molecule has 0 saturated carbocycles. The van der Waals surface area contributed by atoms with Crippen LogP contribution in [0, 0.1) is 11.7 Å². The summed E-state index contributed by atoms with van der Waals surface area (Å²) in [4.78, 5) is 24.6. The van der Waals surface area contributed by atoms with Crippen LogP contribution in [-0.2, 0) is 9.53 Å². The maximum atomic E-state index is 13.5. The molecule has 0 saturated heterocycles. The minimum absolute atomic E-state index is 0.118. The molecule has 0 spiro atoms. The molecular weight excluding hydrogens is 273 g/mol. The van der Waals surface area contributed by atoms with Gasteiger partial charge in [0.25, 0.3) is 5.91 Å². The average Bonchev–Trinajstić information content (AvgIpc) is 2.39. The van der Waals surface area contributed by atoms with E-state index in [0.717, 1.165) is 6.07 Å². The van der Waals surface area contributed by atoms with E-state index in [2.05, 4.69) is 4.74 Å². The van der Waals surface area contributed by atoms with Crippen LogP contribution >= 0.6 is 11.6 Å². The van der Waals surface area contributed by atoms with E-state index in [-0.39, 0.29) is 17.1 Å². The molecule has 0 bridgehead atoms. The van der Waals surface area contributed by atoms with E-state index in [4.69, 9.17) is 11.6 Å². The largest absolute Gasteiger partial charge is 0.469 e. The Bertz CT molecular complexity index is 493. The van der Waals surface area contributed by atoms with Crippen molar-refractivity contribution in [2.24, 2.45) is 5.92 Å². The molecule has 1 unspecified atom stereocenters. The number of nitrogens with zero attached hydrogens (tertiary/aromatic N) is 1. The summed E-state index contributed by atoms with van der Waals surface area (Å²) in [5.41, 5.74) is -0.118. The zero-order valence-electron chi connectivity index (χ0n) is 10.9. The number of amides is 1. The first-order valence-electron chi connectivity index (χ1n) is 5.65. The van der Waals surface area contributed by atoms with Crippen LogP contribution in [-0.4, -0.2) is 37.5 Å². The fourth-order valence-corrected chi connectivity index (χ4v) is 1.81. The van der Waals surface area contributed by atoms with Crippen molar-refractivity contribution in [3.8, 4) is 0 Å². The van der Waals surface area contributed by atoms with Crippen LogP contribution in [0.3, 0.4) is 0 Å². The van der Waals surface area contributed by atoms with Crippen LogP contribution in [0.25, 0.3) is 0 Å². The summed E-state index contributed by atoms with van der Waals surface area (Å²) in [7, 11) is 2.76. The number of esters is 1. The Hall–Kier alpha value is -1.62. The first-order valence-corrected chi connectivity index (χ1v) is 6.03. The van der Waals surface area contributed by atoms with Gasteiger partial charge in [0, 0.05) is 18.6 Å². The highest BCUT2D eigenvalue weighted by molar-refractivity contribution is 6.31. The lowest BCUT2D eigenvalue weighted by atomic mass is 10.1. The molecule has 0 fully saturated rings. The molecule has 0 aliphatic rings. The van der Waals surface area contributed by atoms with Gasteiger partial charge in [-0.15, -0.1) is 0 Å². The number of hydrogen-bond donors (Lipinski definition) is 0. The van der Waals surface area contributed by atoms with Crippen molar-refractivity contribution in [1.29, 1.82) is 0 Å². The summed E-state index contributed by atoms with van der Waals surface area (Å²) in [6.45, 7) is 1.77. The highest BCUT2D eigenvalue weighted by Gasteiger charge is 2.21. The van der Waals surface area contributed by atoms with E-state index in [1.54, 1.807) is 6.92 Å². The van der Waals surface area contributed by atoms with Gasteiger partial charge in [-0.05, 0) is 18.2 Å². The van der Waals surface area contributed by atoms with E-state index in [1.165, 1.54) is 31.2 Å². The van der Waals surface area contributed by atoms with E-state index in [9.17, 15) is 14.0 Å². The number of rotatable bonds is 4. The van der Waals surface area contributed by atoms with Crippen LogP contribution in [0.1, 0.15) is 17.3 Å². The van der Waals surface area contributed by atoms with Crippen LogP contribution in [0.2, 0.25) is 5.02 Å². The molecule has 4 nitrogen and oxygen atoms in total. The van der Waals surface area contributed by atoms with Gasteiger partial charge in [-0.25, -0.2) is 4.39 Å². The molecule has 6 heteroatoms. The zero-order chi connectivity index (χ0) is 14.6. The smallest absolute Gasteiger partial charge is 0.310 e. The molecule has 0 aliphatic carbocycles. The Morgan fingerprint density at radius 1 is 1.47 bits per heavy atom. The Balaban J connectivity index is 2.82. The van der Waals surface area contributed by atoms with Gasteiger partial charge < -0.3 is 9.64 Å². The number of benzene rings is 1. The molecule has 1 atom stereocenters. The number of carbonyl (C=O) groups excluding carboxylic acids is 2. The molecule has 0 radical (unpaired) electrons. The summed E-state index contributed by atoms with van der Waals surface area (Å²) in [6.07, 6.45) is 0. The predicted molar refractivity (Wildman–Crippen MR) is 69.6 cm³/mol. The van der Waals surface area contributed by atoms with Crippen LogP contribution in [0.4, 0.5) is 4.39 Å². The van der Waals surface area contributed by atoms with E-state index >= 15 is 0 Å². The Morgan fingerprint density at radius 3 is 2.68 bits per heavy atom. The van der Waals surface area contributed by atoms with Gasteiger partial charge in [0.2, 0.25) is 0 Å². The number of ether oxygens (including phenoxy) is 1. The molecule has 1 amide bonds. The summed E-state index contributed by atoms with van der Waals surface area (Å²) >= 11 is 5.73. The van der Waals surface area contributed by atoms with Crippen molar-refractivity contribution in [3.05, 3.63) is 34.6 Å². The predicted octanol–water partition coefficient (Wildman–Crippen LogP) is 2.36. The van der Waals surface area contributed by atoms with Crippen molar-refractivity contribution < 1.29 is 18.7 Å². The van der Waals surface area contributed by atoms with E-state index in [0.29, 0.717) is 0 Å². The highest BCUT2D eigenvalue weighted by atomic mass is 35.5. The van der Waals surface area contributed by atoms with Gasteiger partial charge in [-0.1, -0.05) is 18.5 Å². The highest BCUT2D eigenvalue weighted by Crippen LogP contribution is 2.17. The molecule has 0 aromatic heterocycles. The Morgan fingerprint density at radius 2 is 2.11 bits per heavy atom. The van der Waals surface area contributed by atoms with E-state index < -0.39 is 23.6 Å². The molecule has 0 heterocycles. The summed E-state index contributed by atoms with van der Waals surface area (Å²) in [6, 6.07) is 3.76. The van der Waals surface area contributed by atoms with Gasteiger partial charge in [-0.3, -0.25) is 9.59 Å². The lowest BCUT2D eigenvalue weighted by Crippen LogP contribution is -2.34. The first kappa shape index (κ1) is 15.4. The molecule has 19 heavy (non-hydrogen) atoms. The number of hydrogen-bond acceptors (Lipinski definition) is 3. The monoisotopic (exact) mass is 287 g/mol. The lowest BCUT2D eigenvalue weighted by molar-refractivity contribution is -0.145. The molecule has 0 aliphatic heterocycles. The van der Waals surface area contributed by atoms with Crippen molar-refractivity contribution in [3.63, 3.8) is 0 Å². The third-order valence-electron chi connectivity index (χ3n) is 2.66. The molecule has 1 aromatic carbocycles. The van der Waals surface area contributed by atoms with Gasteiger partial charge in [0.1, 0.15) is 5.82 Å². The van der Waals surface area contributed by atoms with Crippen LogP contribution in [0.15, 0.2) is 18.2 Å². The zero-order valence-corrected chi connectivity index (χ0v) is 11.7. The molecule has 0 N–H and O–H groups in total. The van der Waals surface area contributed by atoms with Gasteiger partial charge in [0.05, 0.1) is 18.6 Å². The van der Waals surface area contributed by atoms with Crippen LogP contribution in [0.5, 0.6) is 0 Å². The van der Waals surface area contributed by atoms with Gasteiger partial charge in [0.15, 0.2) is 0 Å². The third kappa shape index (κ3) is 3.92. The Labute approximate surface area is 116 Å². The normalized spacial score (nSPS) is 11.8. The number of halogens is 2. The second-order valence-corrected chi connectivity index (χ2v) is 4.67. The van der Waals surface area contributed by atoms with Crippen LogP contribution < -0.4 is 0 Å². The Kier molecular flexibility index (Phi) is 5.30. The SMILES string of the molecule is COC(=O)C(C)CN(C)C(=O)c1cc(Cl)ccc1F. The standard InChI is InChI=1S/C13H15ClFNO3/c1-8(13(18)19-3)7-16(2)12(17)10-6-9(14)4-5-11(10)15/h4-6,8H,7H2,1-3H3. The second kappa shape index (κ2) is 6.52. The minimum atomic E-state index is -0.646. The summed E-state index contributed by atoms with van der Waals surface area (Å²) in [5.74, 6) is -2.09. The minimum Gasteiger partial charge on any atom is -0.469 e. The molecular formula is C13H15ClFNO3. The maximum Gasteiger partial charge on any atom is 0.310 e. The number of methoxy groups -OCH3 is 1. The fraction of sp³-hybridized carbons (Fsp3) is 0.385. The lowest BCUT2D eigenvalue weighted by Gasteiger charge is -2.20. The van der Waals surface area contributed by atoms with Gasteiger partial charge in [-0.2, -0.15) is 0 Å². The van der Waals surface area contributed by atoms with Gasteiger partial charge >= 0.3 is 5.97 Å². The molecule has 1 rings (SSSR count). The van der Waals surface area contributed by atoms with Crippen molar-refractivity contribution in [2.75, 3.05) is 20.7 Å². The average molecular weight is 288 g/mol. The first-order chi connectivity index (χ1) is 8.86. The summed E-state index contributed by atoms with van der Waals surface area (Å²) < 4.78 is 18.1. The quantitative estimate of drug-likeness (QED) is 0.799. The third-order valence-corrected chi connectivity index (χ3v) is 2.89. The summed E-state index contributed by atoms with van der Waals surface area (Å²) in [5, 5.41) is 0.277. The molecule has 1 aromatic rings. The topological polar surface area (TPSA) is 46.6 Å². The van der Waals surface area contributed by atoms with Crippen molar-refractivity contribution in [1.82, 2.24) is 4.90 Å². The maximum absolute atomic E-state index is 13.5.